The van der Waals surface area contributed by atoms with Gasteiger partial charge >= 0.3 is 0 Å². The highest BCUT2D eigenvalue weighted by Crippen LogP contribution is 2.52. The van der Waals surface area contributed by atoms with Gasteiger partial charge in [-0.3, -0.25) is 4.98 Å². The van der Waals surface area contributed by atoms with Crippen LogP contribution in [0.2, 0.25) is 0 Å². The Balaban J connectivity index is 0.959. The smallest absolute Gasteiger partial charge is 0.182 e. The van der Waals surface area contributed by atoms with Gasteiger partial charge in [-0.2, -0.15) is 0 Å². The zero-order valence-corrected chi connectivity index (χ0v) is 39.6. The lowest BCUT2D eigenvalue weighted by atomic mass is 9.73. The third-order valence-corrected chi connectivity index (χ3v) is 14.6. The van der Waals surface area contributed by atoms with Gasteiger partial charge < -0.3 is 14.0 Å². The van der Waals surface area contributed by atoms with Gasteiger partial charge in [0.25, 0.3) is 0 Å². The van der Waals surface area contributed by atoms with Crippen molar-refractivity contribution in [1.82, 2.24) is 29.1 Å². The first-order valence-corrected chi connectivity index (χ1v) is 24.5. The van der Waals surface area contributed by atoms with E-state index in [1.807, 2.05) is 72.9 Å². The highest BCUT2D eigenvalue weighted by Gasteiger charge is 2.36. The maximum absolute atomic E-state index is 5.10. The van der Waals surface area contributed by atoms with E-state index in [1.54, 1.807) is 0 Å². The van der Waals surface area contributed by atoms with Crippen molar-refractivity contribution < 1.29 is 0 Å². The largest absolute Gasteiger partial charge is 0.310 e. The molecule has 0 spiro atoms. The van der Waals surface area contributed by atoms with Gasteiger partial charge in [0, 0.05) is 66.9 Å². The average Bonchev–Trinajstić information content (AvgIpc) is 3.96. The number of para-hydroxylation sites is 5. The molecular weight excluding hydrogens is 879 g/mol. The number of pyridine rings is 1. The molecule has 0 amide bonds. The lowest BCUT2D eigenvalue weighted by Gasteiger charge is -2.42. The Bertz CT molecular complexity index is 4090. The van der Waals surface area contributed by atoms with Crippen molar-refractivity contribution in [2.24, 2.45) is 0 Å². The fraction of sp³-hybridized carbons (Fsp3) is 0.0462. The summed E-state index contributed by atoms with van der Waals surface area (Å²) in [4.78, 5) is 22.4. The molecule has 0 N–H and O–H groups in total. The molecule has 72 heavy (non-hydrogen) atoms. The molecule has 0 saturated carbocycles. The summed E-state index contributed by atoms with van der Waals surface area (Å²) in [5.74, 6) is 1.71. The second kappa shape index (κ2) is 16.3. The molecule has 0 aliphatic carbocycles. The minimum Gasteiger partial charge on any atom is -0.310 e. The van der Waals surface area contributed by atoms with E-state index in [0.29, 0.717) is 23.2 Å². The molecule has 7 nitrogen and oxygen atoms in total. The minimum absolute atomic E-state index is 0.149. The van der Waals surface area contributed by atoms with E-state index in [-0.39, 0.29) is 5.41 Å². The van der Waals surface area contributed by atoms with Crippen LogP contribution in [0, 0.1) is 0 Å². The third-order valence-electron chi connectivity index (χ3n) is 14.6. The number of hydrogen-bond donors (Lipinski definition) is 0. The van der Waals surface area contributed by atoms with E-state index in [4.69, 9.17) is 19.9 Å². The van der Waals surface area contributed by atoms with Crippen LogP contribution in [0.1, 0.15) is 25.0 Å². The molecule has 340 valence electrons. The first-order valence-electron chi connectivity index (χ1n) is 24.5. The number of anilines is 3. The molecule has 1 aliphatic heterocycles. The van der Waals surface area contributed by atoms with Gasteiger partial charge in [0.1, 0.15) is 5.69 Å². The first kappa shape index (κ1) is 41.5. The summed E-state index contributed by atoms with van der Waals surface area (Å²) in [6, 6.07) is 82.1. The van der Waals surface area contributed by atoms with Gasteiger partial charge in [0.05, 0.1) is 33.4 Å². The molecule has 9 aromatic carbocycles. The van der Waals surface area contributed by atoms with E-state index in [1.165, 1.54) is 44.0 Å². The molecule has 0 atom stereocenters. The van der Waals surface area contributed by atoms with Crippen LogP contribution in [-0.2, 0) is 5.41 Å². The molecule has 5 heterocycles. The Hall–Kier alpha value is -9.46. The highest BCUT2D eigenvalue weighted by molar-refractivity contribution is 6.12. The summed E-state index contributed by atoms with van der Waals surface area (Å²) in [7, 11) is 0. The maximum atomic E-state index is 5.10. The van der Waals surface area contributed by atoms with Crippen molar-refractivity contribution in [1.29, 1.82) is 0 Å². The van der Waals surface area contributed by atoms with Crippen LogP contribution >= 0.6 is 0 Å². The van der Waals surface area contributed by atoms with E-state index < -0.39 is 0 Å². The Morgan fingerprint density at radius 1 is 0.333 bits per heavy atom. The van der Waals surface area contributed by atoms with E-state index in [9.17, 15) is 0 Å². The van der Waals surface area contributed by atoms with Crippen LogP contribution in [0.15, 0.2) is 237 Å². The second-order valence-corrected chi connectivity index (χ2v) is 19.1. The molecule has 0 saturated heterocycles. The van der Waals surface area contributed by atoms with Gasteiger partial charge in [-0.25, -0.2) is 15.0 Å². The van der Waals surface area contributed by atoms with Gasteiger partial charge in [0.15, 0.2) is 17.5 Å². The predicted molar refractivity (Wildman–Crippen MR) is 295 cm³/mol. The van der Waals surface area contributed by atoms with Gasteiger partial charge in [0.2, 0.25) is 0 Å². The Labute approximate surface area is 416 Å². The summed E-state index contributed by atoms with van der Waals surface area (Å²) in [5, 5.41) is 4.79. The van der Waals surface area contributed by atoms with Crippen molar-refractivity contribution in [3.63, 3.8) is 0 Å². The van der Waals surface area contributed by atoms with E-state index in [0.717, 1.165) is 61.4 Å². The summed E-state index contributed by atoms with van der Waals surface area (Å²) >= 11 is 0. The van der Waals surface area contributed by atoms with Crippen LogP contribution in [0.25, 0.3) is 100 Å². The molecule has 0 bridgehead atoms. The number of fused-ring (bicyclic) bond motifs is 8. The fourth-order valence-corrected chi connectivity index (χ4v) is 11.2. The lowest BCUT2D eigenvalue weighted by Crippen LogP contribution is -2.30. The van der Waals surface area contributed by atoms with Gasteiger partial charge in [-0.1, -0.05) is 172 Å². The molecule has 0 fully saturated rings. The summed E-state index contributed by atoms with van der Waals surface area (Å²) in [6.45, 7) is 4.67. The van der Waals surface area contributed by atoms with E-state index in [2.05, 4.69) is 192 Å². The molecular formula is C65H45N7. The van der Waals surface area contributed by atoms with Crippen LogP contribution in [0.5, 0.6) is 0 Å². The van der Waals surface area contributed by atoms with Crippen molar-refractivity contribution in [3.8, 4) is 56.8 Å². The van der Waals surface area contributed by atoms with Crippen molar-refractivity contribution >= 4 is 60.7 Å². The maximum Gasteiger partial charge on any atom is 0.182 e. The summed E-state index contributed by atoms with van der Waals surface area (Å²) in [6.07, 6.45) is 1.95. The van der Waals surface area contributed by atoms with Crippen molar-refractivity contribution in [2.75, 3.05) is 4.90 Å². The number of nitrogens with zero attached hydrogens (tertiary/aromatic N) is 7. The Morgan fingerprint density at radius 2 is 0.792 bits per heavy atom. The minimum atomic E-state index is -0.149. The highest BCUT2D eigenvalue weighted by atomic mass is 15.2. The SMILES string of the molecule is CC1(C)c2ccccc2N(c2ccc3c(c2)c2ccccc2n3-c2cc(-c3ccc(-c4nc(-c5ccccc5)nc(-c5ccccc5)n4)nc3)cc(-n3c4ccccc4c4ccccc43)c2)c2ccccc21. The quantitative estimate of drug-likeness (QED) is 0.159. The molecule has 0 radical (unpaired) electrons. The summed E-state index contributed by atoms with van der Waals surface area (Å²) < 4.78 is 4.83. The Morgan fingerprint density at radius 3 is 1.32 bits per heavy atom. The second-order valence-electron chi connectivity index (χ2n) is 19.1. The third kappa shape index (κ3) is 6.58. The van der Waals surface area contributed by atoms with Crippen LogP contribution in [0.4, 0.5) is 17.1 Å². The molecule has 4 aromatic heterocycles. The fourth-order valence-electron chi connectivity index (χ4n) is 11.2. The normalized spacial score (nSPS) is 12.9. The number of aromatic nitrogens is 6. The van der Waals surface area contributed by atoms with Crippen LogP contribution in [0.3, 0.4) is 0 Å². The van der Waals surface area contributed by atoms with Crippen LogP contribution in [-0.4, -0.2) is 29.1 Å². The zero-order chi connectivity index (χ0) is 47.9. The molecule has 0 unspecified atom stereocenters. The van der Waals surface area contributed by atoms with Gasteiger partial charge in [-0.15, -0.1) is 0 Å². The van der Waals surface area contributed by atoms with E-state index >= 15 is 0 Å². The molecule has 1 aliphatic rings. The predicted octanol–water partition coefficient (Wildman–Crippen LogP) is 16.2. The average molecular weight is 924 g/mol. The lowest BCUT2D eigenvalue weighted by molar-refractivity contribution is 0.632. The number of rotatable bonds is 7. The van der Waals surface area contributed by atoms with Crippen molar-refractivity contribution in [2.45, 2.75) is 19.3 Å². The zero-order valence-electron chi connectivity index (χ0n) is 39.6. The number of hydrogen-bond acceptors (Lipinski definition) is 5. The van der Waals surface area contributed by atoms with Gasteiger partial charge in [-0.05, 0) is 89.5 Å². The monoisotopic (exact) mass is 923 g/mol. The summed E-state index contributed by atoms with van der Waals surface area (Å²) in [5.41, 5.74) is 17.1. The van der Waals surface area contributed by atoms with Crippen molar-refractivity contribution in [3.05, 3.63) is 248 Å². The van der Waals surface area contributed by atoms with Crippen LogP contribution < -0.4 is 4.90 Å². The molecule has 7 heteroatoms. The molecule has 14 rings (SSSR count). The molecule has 13 aromatic rings. The first-order chi connectivity index (χ1) is 35.5. The Kier molecular flexibility index (Phi) is 9.41. The number of benzene rings is 9. The topological polar surface area (TPSA) is 64.7 Å². The standard InChI is InChI=1S/C65H45N7/c1-65(2)53-26-12-17-31-60(53)70(61-32-18-13-27-54(61)65)46-34-36-59-52(40-46)51-25-11-16-30-58(51)72(59)48-38-45(37-47(39-48)71-56-28-14-9-23-49(56)50-24-10-15-29-57(50)71)44-33-35-55(66-41-44)64-68-62(42-19-5-3-6-20-42)67-63(69-64)43-21-7-4-8-22-43/h3-41H,1-2H3.